The highest BCUT2D eigenvalue weighted by Gasteiger charge is 2.15. The Kier molecular flexibility index (Phi) is 5.03. The molecule has 102 valence electrons. The smallest absolute Gasteiger partial charge is 0.123 e. The van der Waals surface area contributed by atoms with E-state index in [0.717, 1.165) is 12.2 Å². The van der Waals surface area contributed by atoms with E-state index in [9.17, 15) is 10.2 Å². The molecule has 1 aromatic rings. The predicted molar refractivity (Wildman–Crippen MR) is 76.1 cm³/mol. The van der Waals surface area contributed by atoms with Crippen molar-refractivity contribution in [3.8, 4) is 5.75 Å². The van der Waals surface area contributed by atoms with E-state index in [1.807, 2.05) is 6.07 Å². The summed E-state index contributed by atoms with van der Waals surface area (Å²) in [5.41, 5.74) is 1.58. The van der Waals surface area contributed by atoms with Crippen LogP contribution in [0.1, 0.15) is 46.3 Å². The molecule has 0 bridgehead atoms. The van der Waals surface area contributed by atoms with Crippen molar-refractivity contribution in [2.75, 3.05) is 11.4 Å². The van der Waals surface area contributed by atoms with Crippen LogP contribution in [0, 0.1) is 5.92 Å². The molecule has 3 heteroatoms. The molecule has 3 nitrogen and oxygen atoms in total. The molecule has 0 heterocycles. The van der Waals surface area contributed by atoms with Crippen LogP contribution in [0.3, 0.4) is 0 Å². The van der Waals surface area contributed by atoms with Crippen LogP contribution in [0.2, 0.25) is 0 Å². The lowest BCUT2D eigenvalue weighted by atomic mass is 10.1. The van der Waals surface area contributed by atoms with Crippen molar-refractivity contribution in [1.29, 1.82) is 0 Å². The Morgan fingerprint density at radius 2 is 1.72 bits per heavy atom. The first-order valence-electron chi connectivity index (χ1n) is 6.60. The van der Waals surface area contributed by atoms with Crippen LogP contribution in [0.5, 0.6) is 5.75 Å². The topological polar surface area (TPSA) is 43.7 Å². The first kappa shape index (κ1) is 14.8. The molecule has 1 unspecified atom stereocenters. The Hall–Kier alpha value is -1.22. The van der Waals surface area contributed by atoms with Gasteiger partial charge in [0.25, 0.3) is 0 Å². The van der Waals surface area contributed by atoms with Gasteiger partial charge in [0.05, 0.1) is 6.10 Å². The molecule has 0 aliphatic heterocycles. The summed E-state index contributed by atoms with van der Waals surface area (Å²) in [6.45, 7) is 11.2. The molecule has 0 aliphatic rings. The van der Waals surface area contributed by atoms with Crippen molar-refractivity contribution < 1.29 is 10.2 Å². The molecule has 0 spiro atoms. The quantitative estimate of drug-likeness (QED) is 0.843. The average Bonchev–Trinajstić information content (AvgIpc) is 2.24. The van der Waals surface area contributed by atoms with E-state index < -0.39 is 6.10 Å². The minimum absolute atomic E-state index is 0.164. The molecule has 18 heavy (non-hydrogen) atoms. The lowest BCUT2D eigenvalue weighted by Gasteiger charge is -2.31. The van der Waals surface area contributed by atoms with Gasteiger partial charge in [0.2, 0.25) is 0 Å². The third-order valence-corrected chi connectivity index (χ3v) is 2.98. The van der Waals surface area contributed by atoms with E-state index in [1.54, 1.807) is 19.1 Å². The highest BCUT2D eigenvalue weighted by Crippen LogP contribution is 2.30. The number of benzene rings is 1. The number of anilines is 1. The van der Waals surface area contributed by atoms with Crippen LogP contribution in [0.4, 0.5) is 5.69 Å². The van der Waals surface area contributed by atoms with E-state index >= 15 is 0 Å². The van der Waals surface area contributed by atoms with Crippen LogP contribution < -0.4 is 4.90 Å². The van der Waals surface area contributed by atoms with Gasteiger partial charge in [-0.15, -0.1) is 0 Å². The third-order valence-electron chi connectivity index (χ3n) is 2.98. The van der Waals surface area contributed by atoms with Crippen molar-refractivity contribution in [2.45, 2.75) is 46.8 Å². The number of phenolic OH excluding ortho intramolecular Hbond substituents is 1. The Morgan fingerprint density at radius 3 is 2.11 bits per heavy atom. The highest BCUT2D eigenvalue weighted by molar-refractivity contribution is 5.54. The zero-order chi connectivity index (χ0) is 13.9. The van der Waals surface area contributed by atoms with E-state index in [2.05, 4.69) is 32.6 Å². The van der Waals surface area contributed by atoms with Crippen molar-refractivity contribution in [1.82, 2.24) is 0 Å². The van der Waals surface area contributed by atoms with Gasteiger partial charge in [-0.05, 0) is 32.8 Å². The summed E-state index contributed by atoms with van der Waals surface area (Å²) < 4.78 is 0. The van der Waals surface area contributed by atoms with Crippen LogP contribution in [-0.4, -0.2) is 22.8 Å². The zero-order valence-corrected chi connectivity index (χ0v) is 12.0. The number of nitrogens with zero attached hydrogens (tertiary/aromatic N) is 1. The molecule has 0 aliphatic carbocycles. The van der Waals surface area contributed by atoms with Crippen molar-refractivity contribution in [3.05, 3.63) is 23.8 Å². The van der Waals surface area contributed by atoms with Crippen LogP contribution in [0.15, 0.2) is 18.2 Å². The highest BCUT2D eigenvalue weighted by atomic mass is 16.3. The van der Waals surface area contributed by atoms with Crippen molar-refractivity contribution >= 4 is 5.69 Å². The summed E-state index contributed by atoms with van der Waals surface area (Å²) in [5.74, 6) is 0.725. The molecular formula is C15H25NO2. The molecule has 1 aromatic carbocycles. The van der Waals surface area contributed by atoms with Gasteiger partial charge in [0.1, 0.15) is 5.75 Å². The Balaban J connectivity index is 3.03. The second kappa shape index (κ2) is 6.10. The van der Waals surface area contributed by atoms with E-state index in [0.29, 0.717) is 17.5 Å². The summed E-state index contributed by atoms with van der Waals surface area (Å²) in [6, 6.07) is 5.88. The minimum atomic E-state index is -0.642. The fourth-order valence-electron chi connectivity index (χ4n) is 2.07. The largest absolute Gasteiger partial charge is 0.507 e. The third kappa shape index (κ3) is 3.64. The maximum Gasteiger partial charge on any atom is 0.123 e. The number of aliphatic hydroxyl groups is 1. The Bertz CT molecular complexity index is 386. The van der Waals surface area contributed by atoms with Gasteiger partial charge in [-0.1, -0.05) is 19.9 Å². The number of hydrogen-bond acceptors (Lipinski definition) is 3. The molecule has 0 aromatic heterocycles. The van der Waals surface area contributed by atoms with Gasteiger partial charge < -0.3 is 15.1 Å². The van der Waals surface area contributed by atoms with Gasteiger partial charge in [0, 0.05) is 29.9 Å². The Morgan fingerprint density at radius 1 is 1.11 bits per heavy atom. The van der Waals surface area contributed by atoms with Gasteiger partial charge in [-0.2, -0.15) is 0 Å². The first-order valence-corrected chi connectivity index (χ1v) is 6.60. The fraction of sp³-hybridized carbons (Fsp3) is 0.600. The molecule has 0 fully saturated rings. The Labute approximate surface area is 110 Å². The number of phenols is 1. The van der Waals surface area contributed by atoms with Crippen LogP contribution in [0.25, 0.3) is 0 Å². The molecule has 0 saturated heterocycles. The number of aromatic hydroxyl groups is 1. The molecule has 0 saturated carbocycles. The number of hydrogen-bond donors (Lipinski definition) is 2. The standard InChI is InChI=1S/C15H25NO2/c1-10(2)9-16(11(3)4)13-6-7-14(12(5)17)15(18)8-13/h6-8,10-12,17-18H,9H2,1-5H3. The predicted octanol–water partition coefficient (Wildman–Crippen LogP) is 3.32. The second-order valence-corrected chi connectivity index (χ2v) is 5.56. The molecule has 1 atom stereocenters. The average molecular weight is 251 g/mol. The number of rotatable bonds is 5. The summed E-state index contributed by atoms with van der Waals surface area (Å²) in [6.07, 6.45) is -0.642. The maximum absolute atomic E-state index is 9.94. The van der Waals surface area contributed by atoms with Crippen LogP contribution >= 0.6 is 0 Å². The zero-order valence-electron chi connectivity index (χ0n) is 12.0. The van der Waals surface area contributed by atoms with Crippen LogP contribution in [-0.2, 0) is 0 Å². The second-order valence-electron chi connectivity index (χ2n) is 5.56. The SMILES string of the molecule is CC(C)CN(c1ccc(C(C)O)c(O)c1)C(C)C. The summed E-state index contributed by atoms with van der Waals surface area (Å²) >= 11 is 0. The molecular weight excluding hydrogens is 226 g/mol. The van der Waals surface area contributed by atoms with Gasteiger partial charge in [0.15, 0.2) is 0 Å². The van der Waals surface area contributed by atoms with E-state index in [1.165, 1.54) is 0 Å². The molecule has 1 rings (SSSR count). The van der Waals surface area contributed by atoms with Gasteiger partial charge in [-0.25, -0.2) is 0 Å². The van der Waals surface area contributed by atoms with Crippen molar-refractivity contribution in [3.63, 3.8) is 0 Å². The fourth-order valence-corrected chi connectivity index (χ4v) is 2.07. The normalized spacial score (nSPS) is 13.1. The molecule has 0 radical (unpaired) electrons. The monoisotopic (exact) mass is 251 g/mol. The molecule has 2 N–H and O–H groups in total. The van der Waals surface area contributed by atoms with Gasteiger partial charge in [-0.3, -0.25) is 0 Å². The van der Waals surface area contributed by atoms with E-state index in [-0.39, 0.29) is 5.75 Å². The lowest BCUT2D eigenvalue weighted by Crippen LogP contribution is -2.34. The minimum Gasteiger partial charge on any atom is -0.507 e. The summed E-state index contributed by atoms with van der Waals surface area (Å²) in [7, 11) is 0. The van der Waals surface area contributed by atoms with Crippen molar-refractivity contribution in [2.24, 2.45) is 5.92 Å². The summed E-state index contributed by atoms with van der Waals surface area (Å²) in [5, 5.41) is 19.5. The summed E-state index contributed by atoms with van der Waals surface area (Å²) in [4.78, 5) is 2.26. The first-order chi connectivity index (χ1) is 8.32. The number of aliphatic hydroxyl groups excluding tert-OH is 1. The van der Waals surface area contributed by atoms with Gasteiger partial charge >= 0.3 is 0 Å². The lowest BCUT2D eigenvalue weighted by molar-refractivity contribution is 0.195. The van der Waals surface area contributed by atoms with E-state index in [4.69, 9.17) is 0 Å². The maximum atomic E-state index is 9.94. The molecule has 0 amide bonds.